The topological polar surface area (TPSA) is 40.5 Å². The predicted molar refractivity (Wildman–Crippen MR) is 96.8 cm³/mol. The molecule has 0 atom stereocenters. The first kappa shape index (κ1) is 17.3. The maximum absolute atomic E-state index is 6.24. The van der Waals surface area contributed by atoms with Gasteiger partial charge in [-0.3, -0.25) is 9.98 Å². The van der Waals surface area contributed by atoms with Crippen LogP contribution >= 0.6 is 11.6 Å². The molecule has 1 heterocycles. The maximum atomic E-state index is 6.24. The molecule has 5 heteroatoms. The number of nitrogens with zero attached hydrogens (tertiary/aromatic N) is 3. The van der Waals surface area contributed by atoms with E-state index >= 15 is 0 Å². The standard InChI is InChI=1S/C18H23ClN4/c1-3-21-18(22-12-10-15-7-6-11-20-13-15)23(2)14-16-8-4-5-9-17(16)19/h4-9,11,13H,3,10,12,14H2,1-2H3,(H,21,22). The summed E-state index contributed by atoms with van der Waals surface area (Å²) in [7, 11) is 2.02. The lowest BCUT2D eigenvalue weighted by Crippen LogP contribution is -2.38. The van der Waals surface area contributed by atoms with Gasteiger partial charge in [0, 0.05) is 44.1 Å². The van der Waals surface area contributed by atoms with Crippen LogP contribution in [0.4, 0.5) is 0 Å². The van der Waals surface area contributed by atoms with Gasteiger partial charge in [0.05, 0.1) is 0 Å². The van der Waals surface area contributed by atoms with Crippen molar-refractivity contribution in [3.63, 3.8) is 0 Å². The number of guanidine groups is 1. The van der Waals surface area contributed by atoms with Crippen LogP contribution in [0.3, 0.4) is 0 Å². The number of benzene rings is 1. The summed E-state index contributed by atoms with van der Waals surface area (Å²) in [6.45, 7) is 4.35. The maximum Gasteiger partial charge on any atom is 0.193 e. The molecule has 0 amide bonds. The van der Waals surface area contributed by atoms with Gasteiger partial charge in [-0.05, 0) is 36.6 Å². The molecule has 0 aliphatic rings. The Labute approximate surface area is 143 Å². The predicted octanol–water partition coefficient (Wildman–Crippen LogP) is 3.38. The molecule has 0 spiro atoms. The van der Waals surface area contributed by atoms with E-state index < -0.39 is 0 Å². The van der Waals surface area contributed by atoms with Crippen LogP contribution < -0.4 is 5.32 Å². The Balaban J connectivity index is 1.98. The van der Waals surface area contributed by atoms with Crippen LogP contribution in [-0.4, -0.2) is 36.0 Å². The van der Waals surface area contributed by atoms with E-state index in [0.717, 1.165) is 42.6 Å². The molecule has 0 unspecified atom stereocenters. The Hall–Kier alpha value is -2.07. The molecule has 0 aliphatic heterocycles. The highest BCUT2D eigenvalue weighted by molar-refractivity contribution is 6.31. The molecule has 0 aliphatic carbocycles. The van der Waals surface area contributed by atoms with E-state index in [9.17, 15) is 0 Å². The van der Waals surface area contributed by atoms with Crippen molar-refractivity contribution < 1.29 is 0 Å². The number of pyridine rings is 1. The Morgan fingerprint density at radius 2 is 2.09 bits per heavy atom. The average molecular weight is 331 g/mol. The van der Waals surface area contributed by atoms with Crippen LogP contribution in [-0.2, 0) is 13.0 Å². The zero-order chi connectivity index (χ0) is 16.5. The highest BCUT2D eigenvalue weighted by Gasteiger charge is 2.08. The third-order valence-electron chi connectivity index (χ3n) is 3.45. The monoisotopic (exact) mass is 330 g/mol. The Morgan fingerprint density at radius 1 is 1.26 bits per heavy atom. The Bertz CT molecular complexity index is 628. The molecule has 1 aromatic carbocycles. The Morgan fingerprint density at radius 3 is 2.78 bits per heavy atom. The van der Waals surface area contributed by atoms with Crippen molar-refractivity contribution in [1.82, 2.24) is 15.2 Å². The lowest BCUT2D eigenvalue weighted by molar-refractivity contribution is 0.477. The van der Waals surface area contributed by atoms with E-state index in [1.54, 1.807) is 6.20 Å². The lowest BCUT2D eigenvalue weighted by atomic mass is 10.2. The van der Waals surface area contributed by atoms with Gasteiger partial charge in [-0.25, -0.2) is 0 Å². The zero-order valence-electron chi connectivity index (χ0n) is 13.7. The van der Waals surface area contributed by atoms with Crippen molar-refractivity contribution in [2.24, 2.45) is 4.99 Å². The molecule has 2 aromatic rings. The number of hydrogen-bond donors (Lipinski definition) is 1. The van der Waals surface area contributed by atoms with Crippen LogP contribution in [0.2, 0.25) is 5.02 Å². The molecule has 1 N–H and O–H groups in total. The number of aliphatic imine (C=N–C) groups is 1. The van der Waals surface area contributed by atoms with Crippen molar-refractivity contribution in [3.8, 4) is 0 Å². The number of nitrogens with one attached hydrogen (secondary N) is 1. The van der Waals surface area contributed by atoms with Crippen LogP contribution in [0.15, 0.2) is 53.8 Å². The highest BCUT2D eigenvalue weighted by Crippen LogP contribution is 2.16. The average Bonchev–Trinajstić information content (AvgIpc) is 2.57. The summed E-state index contributed by atoms with van der Waals surface area (Å²) < 4.78 is 0. The van der Waals surface area contributed by atoms with Gasteiger partial charge in [-0.2, -0.15) is 0 Å². The molecule has 0 radical (unpaired) electrons. The minimum Gasteiger partial charge on any atom is -0.357 e. The summed E-state index contributed by atoms with van der Waals surface area (Å²) in [5, 5.41) is 4.11. The molecule has 0 saturated heterocycles. The van der Waals surface area contributed by atoms with E-state index in [0.29, 0.717) is 0 Å². The number of halogens is 1. The van der Waals surface area contributed by atoms with Gasteiger partial charge in [0.1, 0.15) is 0 Å². The summed E-state index contributed by atoms with van der Waals surface area (Å²) in [5.74, 6) is 0.885. The molecular formula is C18H23ClN4. The molecule has 23 heavy (non-hydrogen) atoms. The molecule has 2 rings (SSSR count). The normalized spacial score (nSPS) is 11.3. The van der Waals surface area contributed by atoms with Crippen molar-refractivity contribution in [3.05, 3.63) is 64.9 Å². The van der Waals surface area contributed by atoms with E-state index in [2.05, 4.69) is 28.2 Å². The van der Waals surface area contributed by atoms with Gasteiger partial charge < -0.3 is 10.2 Å². The van der Waals surface area contributed by atoms with Crippen molar-refractivity contribution >= 4 is 17.6 Å². The largest absolute Gasteiger partial charge is 0.357 e. The molecular weight excluding hydrogens is 308 g/mol. The smallest absolute Gasteiger partial charge is 0.193 e. The Kier molecular flexibility index (Phi) is 6.88. The van der Waals surface area contributed by atoms with Crippen LogP contribution in [0, 0.1) is 0 Å². The van der Waals surface area contributed by atoms with Crippen LogP contribution in [0.1, 0.15) is 18.1 Å². The minimum absolute atomic E-state index is 0.721. The van der Waals surface area contributed by atoms with Crippen molar-refractivity contribution in [2.45, 2.75) is 19.9 Å². The molecule has 0 saturated carbocycles. The first-order valence-corrected chi connectivity index (χ1v) is 8.20. The molecule has 122 valence electrons. The van der Waals surface area contributed by atoms with E-state index in [-0.39, 0.29) is 0 Å². The van der Waals surface area contributed by atoms with E-state index in [1.165, 1.54) is 5.56 Å². The highest BCUT2D eigenvalue weighted by atomic mass is 35.5. The number of rotatable bonds is 6. The second-order valence-electron chi connectivity index (χ2n) is 5.29. The first-order valence-electron chi connectivity index (χ1n) is 7.82. The summed E-state index contributed by atoms with van der Waals surface area (Å²) >= 11 is 6.24. The fraction of sp³-hybridized carbons (Fsp3) is 0.333. The molecule has 0 fully saturated rings. The summed E-state index contributed by atoms with van der Waals surface area (Å²) in [6.07, 6.45) is 4.55. The van der Waals surface area contributed by atoms with Gasteiger partial charge >= 0.3 is 0 Å². The van der Waals surface area contributed by atoms with Crippen LogP contribution in [0.25, 0.3) is 0 Å². The summed E-state index contributed by atoms with van der Waals surface area (Å²) in [4.78, 5) is 10.9. The number of hydrogen-bond acceptors (Lipinski definition) is 2. The van der Waals surface area contributed by atoms with Crippen molar-refractivity contribution in [1.29, 1.82) is 0 Å². The zero-order valence-corrected chi connectivity index (χ0v) is 14.4. The SMILES string of the molecule is CCNC(=NCCc1cccnc1)N(C)Cc1ccccc1Cl. The van der Waals surface area contributed by atoms with Crippen LogP contribution in [0.5, 0.6) is 0 Å². The second kappa shape index (κ2) is 9.16. The fourth-order valence-corrected chi connectivity index (χ4v) is 2.46. The van der Waals surface area contributed by atoms with E-state index in [1.807, 2.05) is 43.6 Å². The molecule has 0 bridgehead atoms. The first-order chi connectivity index (χ1) is 11.2. The summed E-state index contributed by atoms with van der Waals surface area (Å²) in [5.41, 5.74) is 2.29. The van der Waals surface area contributed by atoms with Gasteiger partial charge in [0.15, 0.2) is 5.96 Å². The lowest BCUT2D eigenvalue weighted by Gasteiger charge is -2.22. The van der Waals surface area contributed by atoms with Gasteiger partial charge in [0.2, 0.25) is 0 Å². The molecule has 1 aromatic heterocycles. The third-order valence-corrected chi connectivity index (χ3v) is 3.82. The summed E-state index contributed by atoms with van der Waals surface area (Å²) in [6, 6.07) is 11.9. The van der Waals surface area contributed by atoms with Gasteiger partial charge in [-0.1, -0.05) is 35.9 Å². The fourth-order valence-electron chi connectivity index (χ4n) is 2.26. The quantitative estimate of drug-likeness (QED) is 0.652. The third kappa shape index (κ3) is 5.57. The minimum atomic E-state index is 0.721. The van der Waals surface area contributed by atoms with E-state index in [4.69, 9.17) is 16.6 Å². The molecule has 4 nitrogen and oxygen atoms in total. The second-order valence-corrected chi connectivity index (χ2v) is 5.70. The van der Waals surface area contributed by atoms with Crippen molar-refractivity contribution in [2.75, 3.05) is 20.1 Å². The number of aromatic nitrogens is 1. The van der Waals surface area contributed by atoms with Gasteiger partial charge in [-0.15, -0.1) is 0 Å². The van der Waals surface area contributed by atoms with Gasteiger partial charge in [0.25, 0.3) is 0 Å².